The van der Waals surface area contributed by atoms with Crippen molar-refractivity contribution < 1.29 is 9.47 Å². The van der Waals surface area contributed by atoms with Crippen LogP contribution in [0.3, 0.4) is 0 Å². The Morgan fingerprint density at radius 2 is 1.89 bits per heavy atom. The maximum absolute atomic E-state index is 5.42. The third-order valence-corrected chi connectivity index (χ3v) is 4.48. The summed E-state index contributed by atoms with van der Waals surface area (Å²) in [6.45, 7) is 7.20. The maximum atomic E-state index is 5.42. The Hall–Kier alpha value is -1.22. The number of fused-ring (bicyclic) bond motifs is 1. The highest BCUT2D eigenvalue weighted by atomic mass is 16.7. The van der Waals surface area contributed by atoms with E-state index in [-0.39, 0.29) is 0 Å². The van der Waals surface area contributed by atoms with Crippen LogP contribution in [0.15, 0.2) is 18.2 Å². The van der Waals surface area contributed by atoms with E-state index in [1.807, 2.05) is 6.07 Å². The number of nitrogens with one attached hydrogen (secondary N) is 1. The van der Waals surface area contributed by atoms with E-state index in [1.165, 1.54) is 18.4 Å². The molecule has 3 heteroatoms. The first kappa shape index (κ1) is 11.8. The van der Waals surface area contributed by atoms with Crippen LogP contribution in [0.5, 0.6) is 11.5 Å². The van der Waals surface area contributed by atoms with Crippen LogP contribution in [0.1, 0.15) is 45.2 Å². The van der Waals surface area contributed by atoms with Gasteiger partial charge in [0.15, 0.2) is 11.5 Å². The Balaban J connectivity index is 1.70. The Morgan fingerprint density at radius 3 is 2.61 bits per heavy atom. The van der Waals surface area contributed by atoms with Crippen LogP contribution in [0.4, 0.5) is 0 Å². The Labute approximate surface area is 108 Å². The Kier molecular flexibility index (Phi) is 2.74. The molecule has 0 spiro atoms. The van der Waals surface area contributed by atoms with Gasteiger partial charge in [-0.1, -0.05) is 13.0 Å². The van der Waals surface area contributed by atoms with E-state index in [2.05, 4.69) is 38.2 Å². The number of hydrogen-bond donors (Lipinski definition) is 1. The minimum absolute atomic E-state index is 0.340. The van der Waals surface area contributed by atoms with E-state index in [1.54, 1.807) is 0 Å². The molecule has 3 rings (SSSR count). The van der Waals surface area contributed by atoms with Crippen LogP contribution >= 0.6 is 0 Å². The van der Waals surface area contributed by atoms with E-state index >= 15 is 0 Å². The molecule has 1 fully saturated rings. The van der Waals surface area contributed by atoms with Crippen molar-refractivity contribution in [3.63, 3.8) is 0 Å². The highest BCUT2D eigenvalue weighted by Gasteiger charge is 2.42. The van der Waals surface area contributed by atoms with Crippen molar-refractivity contribution >= 4 is 0 Å². The predicted octanol–water partition coefficient (Wildman–Crippen LogP) is 3.25. The average Bonchev–Trinajstić information content (AvgIpc) is 2.93. The minimum atomic E-state index is 0.340. The third kappa shape index (κ3) is 2.07. The topological polar surface area (TPSA) is 30.5 Å². The van der Waals surface area contributed by atoms with Crippen molar-refractivity contribution in [1.82, 2.24) is 5.32 Å². The lowest BCUT2D eigenvalue weighted by atomic mass is 9.98. The molecule has 1 aliphatic carbocycles. The molecule has 1 N–H and O–H groups in total. The quantitative estimate of drug-likeness (QED) is 0.886. The number of benzene rings is 1. The predicted molar refractivity (Wildman–Crippen MR) is 70.9 cm³/mol. The second kappa shape index (κ2) is 4.16. The molecule has 2 unspecified atom stereocenters. The van der Waals surface area contributed by atoms with Gasteiger partial charge in [-0.3, -0.25) is 0 Å². The molecule has 1 saturated carbocycles. The van der Waals surface area contributed by atoms with Crippen molar-refractivity contribution in [3.05, 3.63) is 23.8 Å². The van der Waals surface area contributed by atoms with Gasteiger partial charge >= 0.3 is 0 Å². The molecule has 1 aliphatic heterocycles. The van der Waals surface area contributed by atoms with E-state index < -0.39 is 0 Å². The van der Waals surface area contributed by atoms with Gasteiger partial charge in [0.05, 0.1) is 0 Å². The van der Waals surface area contributed by atoms with Gasteiger partial charge in [0.2, 0.25) is 6.79 Å². The molecule has 0 amide bonds. The third-order valence-electron chi connectivity index (χ3n) is 4.48. The van der Waals surface area contributed by atoms with E-state index in [0.29, 0.717) is 24.3 Å². The van der Waals surface area contributed by atoms with E-state index in [4.69, 9.17) is 9.47 Å². The van der Waals surface area contributed by atoms with Crippen LogP contribution in [-0.4, -0.2) is 12.8 Å². The van der Waals surface area contributed by atoms with Crippen LogP contribution < -0.4 is 14.8 Å². The second-order valence-electron chi connectivity index (χ2n) is 5.88. The molecule has 1 aromatic rings. The first-order valence-electron chi connectivity index (χ1n) is 6.74. The van der Waals surface area contributed by atoms with Crippen molar-refractivity contribution in [2.75, 3.05) is 6.79 Å². The van der Waals surface area contributed by atoms with Crippen LogP contribution in [-0.2, 0) is 0 Å². The lowest BCUT2D eigenvalue weighted by molar-refractivity contribution is 0.174. The molecule has 2 aliphatic rings. The lowest BCUT2D eigenvalue weighted by Gasteiger charge is -2.25. The van der Waals surface area contributed by atoms with Gasteiger partial charge < -0.3 is 14.8 Å². The molecule has 1 aromatic carbocycles. The van der Waals surface area contributed by atoms with Gasteiger partial charge in [-0.25, -0.2) is 0 Å². The fraction of sp³-hybridized carbons (Fsp3) is 0.600. The first-order valence-corrected chi connectivity index (χ1v) is 6.74. The fourth-order valence-corrected chi connectivity index (χ4v) is 2.49. The van der Waals surface area contributed by atoms with Crippen LogP contribution in [0.2, 0.25) is 0 Å². The zero-order valence-corrected chi connectivity index (χ0v) is 11.3. The standard InChI is InChI=1S/C15H21NO2/c1-10(16-11(2)15(3)6-7-15)12-4-5-13-14(8-12)18-9-17-13/h4-5,8,10-11,16H,6-7,9H2,1-3H3. The number of rotatable bonds is 4. The molecule has 0 bridgehead atoms. The summed E-state index contributed by atoms with van der Waals surface area (Å²) < 4.78 is 10.8. The Bertz CT molecular complexity index is 454. The molecule has 0 aromatic heterocycles. The summed E-state index contributed by atoms with van der Waals surface area (Å²) in [5.41, 5.74) is 1.76. The number of hydrogen-bond acceptors (Lipinski definition) is 3. The smallest absolute Gasteiger partial charge is 0.231 e. The van der Waals surface area contributed by atoms with E-state index in [0.717, 1.165) is 11.5 Å². The normalized spacial score (nSPS) is 22.6. The molecule has 1 heterocycles. The lowest BCUT2D eigenvalue weighted by Crippen LogP contribution is -2.35. The monoisotopic (exact) mass is 247 g/mol. The van der Waals surface area contributed by atoms with Crippen molar-refractivity contribution in [2.45, 2.75) is 45.7 Å². The highest BCUT2D eigenvalue weighted by molar-refractivity contribution is 5.45. The van der Waals surface area contributed by atoms with Crippen molar-refractivity contribution in [2.24, 2.45) is 5.41 Å². The fourth-order valence-electron chi connectivity index (χ4n) is 2.49. The zero-order valence-electron chi connectivity index (χ0n) is 11.3. The average molecular weight is 247 g/mol. The highest BCUT2D eigenvalue weighted by Crippen LogP contribution is 2.48. The summed E-state index contributed by atoms with van der Waals surface area (Å²) in [7, 11) is 0. The largest absolute Gasteiger partial charge is 0.454 e. The SMILES string of the molecule is CC(NC(C)C1(C)CC1)c1ccc2c(c1)OCO2. The Morgan fingerprint density at radius 1 is 1.17 bits per heavy atom. The van der Waals surface area contributed by atoms with Gasteiger partial charge in [-0.05, 0) is 49.8 Å². The summed E-state index contributed by atoms with van der Waals surface area (Å²) >= 11 is 0. The number of ether oxygens (including phenoxy) is 2. The van der Waals surface area contributed by atoms with Crippen LogP contribution in [0, 0.1) is 5.41 Å². The molecular weight excluding hydrogens is 226 g/mol. The minimum Gasteiger partial charge on any atom is -0.454 e. The van der Waals surface area contributed by atoms with Gasteiger partial charge in [-0.2, -0.15) is 0 Å². The molecule has 3 nitrogen and oxygen atoms in total. The van der Waals surface area contributed by atoms with Crippen LogP contribution in [0.25, 0.3) is 0 Å². The first-order chi connectivity index (χ1) is 8.58. The summed E-state index contributed by atoms with van der Waals surface area (Å²) in [6.07, 6.45) is 2.68. The molecule has 0 saturated heterocycles. The molecule has 98 valence electrons. The van der Waals surface area contributed by atoms with Gasteiger partial charge in [0, 0.05) is 12.1 Å². The zero-order chi connectivity index (χ0) is 12.8. The molecular formula is C15H21NO2. The van der Waals surface area contributed by atoms with Gasteiger partial charge in [0.1, 0.15) is 0 Å². The van der Waals surface area contributed by atoms with Crippen molar-refractivity contribution in [1.29, 1.82) is 0 Å². The summed E-state index contributed by atoms with van der Waals surface area (Å²) in [6, 6.07) is 7.10. The van der Waals surface area contributed by atoms with E-state index in [9.17, 15) is 0 Å². The summed E-state index contributed by atoms with van der Waals surface area (Å²) in [5.74, 6) is 1.72. The van der Waals surface area contributed by atoms with Crippen molar-refractivity contribution in [3.8, 4) is 11.5 Å². The second-order valence-corrected chi connectivity index (χ2v) is 5.88. The molecule has 18 heavy (non-hydrogen) atoms. The molecule has 2 atom stereocenters. The summed E-state index contributed by atoms with van der Waals surface area (Å²) in [5, 5.41) is 3.69. The summed E-state index contributed by atoms with van der Waals surface area (Å²) in [4.78, 5) is 0. The van der Waals surface area contributed by atoms with Gasteiger partial charge in [0.25, 0.3) is 0 Å². The maximum Gasteiger partial charge on any atom is 0.231 e. The van der Waals surface area contributed by atoms with Gasteiger partial charge in [-0.15, -0.1) is 0 Å². The molecule has 0 radical (unpaired) electrons.